The molecular weight excluding hydrogens is 368 g/mol. The fourth-order valence-corrected chi connectivity index (χ4v) is 4.45. The molecule has 0 unspecified atom stereocenters. The van der Waals surface area contributed by atoms with Gasteiger partial charge in [0, 0.05) is 6.42 Å². The summed E-state index contributed by atoms with van der Waals surface area (Å²) in [7, 11) is 2.63. The van der Waals surface area contributed by atoms with Gasteiger partial charge in [-0.25, -0.2) is 4.79 Å². The molecule has 2 aromatic rings. The van der Waals surface area contributed by atoms with Crippen LogP contribution in [0, 0.1) is 5.92 Å². The van der Waals surface area contributed by atoms with Crippen LogP contribution in [0.3, 0.4) is 0 Å². The Morgan fingerprint density at radius 1 is 1.19 bits per heavy atom. The second kappa shape index (κ2) is 8.47. The quantitative estimate of drug-likeness (QED) is 0.733. The lowest BCUT2D eigenvalue weighted by atomic mass is 10.0. The molecule has 0 spiro atoms. The highest BCUT2D eigenvalue weighted by Gasteiger charge is 2.19. The molecule has 0 aliphatic heterocycles. The van der Waals surface area contributed by atoms with E-state index in [9.17, 15) is 14.4 Å². The van der Waals surface area contributed by atoms with E-state index in [0.717, 1.165) is 17.5 Å². The van der Waals surface area contributed by atoms with Gasteiger partial charge in [0.2, 0.25) is 5.91 Å². The first-order chi connectivity index (χ1) is 13.0. The van der Waals surface area contributed by atoms with Gasteiger partial charge in [-0.15, -0.1) is 0 Å². The molecule has 1 saturated carbocycles. The van der Waals surface area contributed by atoms with Crippen molar-refractivity contribution in [3.05, 3.63) is 28.6 Å². The number of carbonyl (C=O) groups is 3. The highest BCUT2D eigenvalue weighted by Crippen LogP contribution is 2.27. The van der Waals surface area contributed by atoms with Crippen molar-refractivity contribution >= 4 is 39.4 Å². The summed E-state index contributed by atoms with van der Waals surface area (Å²) < 4.78 is 11.9. The number of rotatable bonds is 5. The molecule has 1 heterocycles. The van der Waals surface area contributed by atoms with Crippen molar-refractivity contribution in [1.29, 1.82) is 0 Å². The first kappa shape index (κ1) is 19.3. The number of nitrogens with zero attached hydrogens (tertiary/aromatic N) is 2. The minimum atomic E-state index is -0.444. The first-order valence-corrected chi connectivity index (χ1v) is 9.69. The van der Waals surface area contributed by atoms with Crippen LogP contribution in [0.2, 0.25) is 0 Å². The summed E-state index contributed by atoms with van der Waals surface area (Å²) in [6, 6.07) is 5.03. The van der Waals surface area contributed by atoms with Gasteiger partial charge in [0.25, 0.3) is 0 Å². The van der Waals surface area contributed by atoms with Gasteiger partial charge in [0.05, 0.1) is 30.0 Å². The van der Waals surface area contributed by atoms with E-state index in [1.165, 1.54) is 38.4 Å². The predicted octanol–water partition coefficient (Wildman–Crippen LogP) is 2.67. The molecule has 1 aliphatic carbocycles. The second-order valence-corrected chi connectivity index (χ2v) is 7.59. The summed E-state index contributed by atoms with van der Waals surface area (Å²) in [6.45, 7) is -0.0520. The molecule has 0 saturated heterocycles. The van der Waals surface area contributed by atoms with Crippen molar-refractivity contribution < 1.29 is 23.9 Å². The molecule has 1 aromatic carbocycles. The Morgan fingerprint density at radius 3 is 2.59 bits per heavy atom. The standard InChI is InChI=1S/C19H22N2O5S/c1-25-17(23)11-21-14-8-7-13(18(24)26-2)10-15(14)27-19(21)20-16(22)9-12-5-3-4-6-12/h7-8,10,12H,3-6,9,11H2,1-2H3. The lowest BCUT2D eigenvalue weighted by molar-refractivity contribution is -0.141. The maximum Gasteiger partial charge on any atom is 0.337 e. The maximum atomic E-state index is 12.4. The Hall–Kier alpha value is -2.48. The Balaban J connectivity index is 2.01. The summed E-state index contributed by atoms with van der Waals surface area (Å²) in [5, 5.41) is 0. The summed E-state index contributed by atoms with van der Waals surface area (Å²) in [5.74, 6) is -0.659. The van der Waals surface area contributed by atoms with Crippen molar-refractivity contribution in [2.75, 3.05) is 14.2 Å². The molecule has 1 amide bonds. The SMILES string of the molecule is COC(=O)Cn1c(=NC(=O)CC2CCCC2)sc2cc(C(=O)OC)ccc21. The highest BCUT2D eigenvalue weighted by molar-refractivity contribution is 7.16. The third kappa shape index (κ3) is 4.44. The number of hydrogen-bond donors (Lipinski definition) is 0. The molecule has 0 radical (unpaired) electrons. The number of esters is 2. The number of thiazole rings is 1. The summed E-state index contributed by atoms with van der Waals surface area (Å²) in [6.07, 6.45) is 4.90. The Morgan fingerprint density at radius 2 is 1.93 bits per heavy atom. The maximum absolute atomic E-state index is 12.4. The van der Waals surface area contributed by atoms with Gasteiger partial charge < -0.3 is 14.0 Å². The van der Waals surface area contributed by atoms with Crippen LogP contribution in [0.1, 0.15) is 42.5 Å². The second-order valence-electron chi connectivity index (χ2n) is 6.58. The average molecular weight is 390 g/mol. The minimum Gasteiger partial charge on any atom is -0.468 e. The van der Waals surface area contributed by atoms with Gasteiger partial charge in [-0.05, 0) is 37.0 Å². The molecule has 1 aliphatic rings. The highest BCUT2D eigenvalue weighted by atomic mass is 32.1. The Kier molecular flexibility index (Phi) is 6.05. The van der Waals surface area contributed by atoms with Crippen LogP contribution in [0.15, 0.2) is 23.2 Å². The van der Waals surface area contributed by atoms with E-state index in [2.05, 4.69) is 4.99 Å². The lowest BCUT2D eigenvalue weighted by Crippen LogP contribution is -2.22. The molecule has 27 heavy (non-hydrogen) atoms. The van der Waals surface area contributed by atoms with Crippen molar-refractivity contribution in [2.24, 2.45) is 10.9 Å². The van der Waals surface area contributed by atoms with Crippen molar-refractivity contribution in [2.45, 2.75) is 38.6 Å². The molecule has 0 atom stereocenters. The Labute approximate surface area is 160 Å². The number of amides is 1. The van der Waals surface area contributed by atoms with E-state index in [1.54, 1.807) is 22.8 Å². The third-order valence-electron chi connectivity index (χ3n) is 4.78. The predicted molar refractivity (Wildman–Crippen MR) is 100 cm³/mol. The first-order valence-electron chi connectivity index (χ1n) is 8.88. The topological polar surface area (TPSA) is 87.0 Å². The molecule has 144 valence electrons. The van der Waals surface area contributed by atoms with Gasteiger partial charge in [-0.3, -0.25) is 9.59 Å². The van der Waals surface area contributed by atoms with Crippen molar-refractivity contribution in [3.8, 4) is 0 Å². The molecular formula is C19H22N2O5S. The van der Waals surface area contributed by atoms with Gasteiger partial charge in [0.15, 0.2) is 4.80 Å². The molecule has 3 rings (SSSR count). The molecule has 0 N–H and O–H groups in total. The van der Waals surface area contributed by atoms with Crippen LogP contribution in [-0.2, 0) is 25.6 Å². The molecule has 0 bridgehead atoms. The van der Waals surface area contributed by atoms with Crippen LogP contribution in [0.4, 0.5) is 0 Å². The van der Waals surface area contributed by atoms with Crippen LogP contribution < -0.4 is 4.80 Å². The van der Waals surface area contributed by atoms with Crippen LogP contribution in [-0.4, -0.2) is 36.6 Å². The van der Waals surface area contributed by atoms with E-state index < -0.39 is 11.9 Å². The fraction of sp³-hybridized carbons (Fsp3) is 0.474. The third-order valence-corrected chi connectivity index (χ3v) is 5.82. The van der Waals surface area contributed by atoms with E-state index in [4.69, 9.17) is 9.47 Å². The molecule has 1 fully saturated rings. The Bertz CT molecular complexity index is 937. The fourth-order valence-electron chi connectivity index (χ4n) is 3.36. The largest absolute Gasteiger partial charge is 0.468 e. The van der Waals surface area contributed by atoms with Gasteiger partial charge in [-0.2, -0.15) is 4.99 Å². The average Bonchev–Trinajstić information content (AvgIpc) is 3.28. The monoisotopic (exact) mass is 390 g/mol. The summed E-state index contributed by atoms with van der Waals surface area (Å²) >= 11 is 1.26. The number of carbonyl (C=O) groups excluding carboxylic acids is 3. The number of hydrogen-bond acceptors (Lipinski definition) is 6. The van der Waals surface area contributed by atoms with Crippen molar-refractivity contribution in [1.82, 2.24) is 4.57 Å². The van der Waals surface area contributed by atoms with E-state index >= 15 is 0 Å². The van der Waals surface area contributed by atoms with Gasteiger partial charge in [-0.1, -0.05) is 24.2 Å². The number of methoxy groups -OCH3 is 2. The normalized spacial score (nSPS) is 15.3. The zero-order valence-corrected chi connectivity index (χ0v) is 16.2. The minimum absolute atomic E-state index is 0.0520. The van der Waals surface area contributed by atoms with Gasteiger partial charge >= 0.3 is 11.9 Å². The number of benzene rings is 1. The molecule has 1 aromatic heterocycles. The van der Waals surface area contributed by atoms with Crippen LogP contribution >= 0.6 is 11.3 Å². The van der Waals surface area contributed by atoms with Crippen LogP contribution in [0.5, 0.6) is 0 Å². The zero-order chi connectivity index (χ0) is 19.4. The van der Waals surface area contributed by atoms with Crippen molar-refractivity contribution in [3.63, 3.8) is 0 Å². The number of ether oxygens (including phenoxy) is 2. The lowest BCUT2D eigenvalue weighted by Gasteiger charge is -2.05. The zero-order valence-electron chi connectivity index (χ0n) is 15.4. The summed E-state index contributed by atoms with van der Waals surface area (Å²) in [5.41, 5.74) is 1.12. The molecule has 8 heteroatoms. The van der Waals surface area contributed by atoms with E-state index in [0.29, 0.717) is 28.2 Å². The van der Waals surface area contributed by atoms with Gasteiger partial charge in [0.1, 0.15) is 6.54 Å². The smallest absolute Gasteiger partial charge is 0.337 e. The molecule has 7 nitrogen and oxygen atoms in total. The number of aromatic nitrogens is 1. The van der Waals surface area contributed by atoms with E-state index in [1.807, 2.05) is 0 Å². The van der Waals surface area contributed by atoms with Crippen LogP contribution in [0.25, 0.3) is 10.2 Å². The number of fused-ring (bicyclic) bond motifs is 1. The van der Waals surface area contributed by atoms with E-state index in [-0.39, 0.29) is 12.5 Å². The summed E-state index contributed by atoms with van der Waals surface area (Å²) in [4.78, 5) is 40.7.